The Balaban J connectivity index is 1.96. The van der Waals surface area contributed by atoms with Crippen molar-refractivity contribution in [1.29, 1.82) is 0 Å². The van der Waals surface area contributed by atoms with E-state index in [1.165, 1.54) is 0 Å². The number of aliphatic hydroxyl groups is 1. The third-order valence-electron chi connectivity index (χ3n) is 3.16. The molecule has 5 nitrogen and oxygen atoms in total. The number of hydrogen-bond donors (Lipinski definition) is 1. The van der Waals surface area contributed by atoms with E-state index in [-0.39, 0.29) is 18.1 Å². The van der Waals surface area contributed by atoms with Gasteiger partial charge in [-0.3, -0.25) is 0 Å². The van der Waals surface area contributed by atoms with Crippen LogP contribution in [0.1, 0.15) is 24.8 Å². The summed E-state index contributed by atoms with van der Waals surface area (Å²) < 4.78 is 25.7. The Bertz CT molecular complexity index is 651. The molecule has 6 heteroatoms. The number of unbranched alkanes of at least 4 members (excludes halogenated alkanes) is 2. The molecule has 0 spiro atoms. The molecule has 21 heavy (non-hydrogen) atoms. The van der Waals surface area contributed by atoms with Gasteiger partial charge in [-0.25, -0.2) is 13.1 Å². The Morgan fingerprint density at radius 2 is 1.86 bits per heavy atom. The minimum atomic E-state index is -3.12. The Morgan fingerprint density at radius 3 is 2.57 bits per heavy atom. The molecule has 1 aromatic heterocycles. The van der Waals surface area contributed by atoms with Crippen LogP contribution in [0.15, 0.2) is 42.7 Å². The van der Waals surface area contributed by atoms with Gasteiger partial charge in [0, 0.05) is 18.4 Å². The zero-order valence-corrected chi connectivity index (χ0v) is 12.7. The van der Waals surface area contributed by atoms with Gasteiger partial charge >= 0.3 is 0 Å². The molecule has 1 heterocycles. The number of aliphatic hydroxyl groups excluding tert-OH is 1. The van der Waals surface area contributed by atoms with Gasteiger partial charge in [-0.05, 0) is 25.0 Å². The molecule has 2 aromatic rings. The number of nitrogens with zero attached hydrogens (tertiary/aromatic N) is 2. The van der Waals surface area contributed by atoms with Gasteiger partial charge in [0.2, 0.25) is 0 Å². The predicted molar refractivity (Wildman–Crippen MR) is 82.0 cm³/mol. The normalized spacial score (nSPS) is 11.7. The molecule has 0 aliphatic heterocycles. The van der Waals surface area contributed by atoms with E-state index in [2.05, 4.69) is 5.10 Å². The van der Waals surface area contributed by atoms with Crippen LogP contribution in [0.25, 0.3) is 5.69 Å². The summed E-state index contributed by atoms with van der Waals surface area (Å²) in [5.41, 5.74) is 1.60. The maximum atomic E-state index is 12.0. The minimum Gasteiger partial charge on any atom is -0.396 e. The predicted octanol–water partition coefficient (Wildman–Crippen LogP) is 1.95. The fourth-order valence-corrected chi connectivity index (χ4v) is 3.54. The lowest BCUT2D eigenvalue weighted by molar-refractivity contribution is 0.284. The molecule has 0 saturated carbocycles. The fraction of sp³-hybridized carbons (Fsp3) is 0.400. The minimum absolute atomic E-state index is 0.0129. The van der Waals surface area contributed by atoms with Crippen LogP contribution in [-0.4, -0.2) is 35.7 Å². The van der Waals surface area contributed by atoms with Crippen LogP contribution < -0.4 is 0 Å². The number of benzene rings is 1. The summed E-state index contributed by atoms with van der Waals surface area (Å²) in [4.78, 5) is 0. The van der Waals surface area contributed by atoms with E-state index in [9.17, 15) is 8.42 Å². The molecule has 0 aliphatic rings. The van der Waals surface area contributed by atoms with Crippen molar-refractivity contribution in [2.24, 2.45) is 0 Å². The summed E-state index contributed by atoms with van der Waals surface area (Å²) in [7, 11) is -3.12. The van der Waals surface area contributed by atoms with Gasteiger partial charge in [0.15, 0.2) is 9.84 Å². The van der Waals surface area contributed by atoms with Crippen LogP contribution in [-0.2, 0) is 15.6 Å². The largest absolute Gasteiger partial charge is 0.396 e. The van der Waals surface area contributed by atoms with E-state index in [0.29, 0.717) is 18.4 Å². The monoisotopic (exact) mass is 308 g/mol. The molecular formula is C15H20N2O3S. The average Bonchev–Trinajstić information content (AvgIpc) is 2.92. The van der Waals surface area contributed by atoms with E-state index in [1.807, 2.05) is 30.3 Å². The fourth-order valence-electron chi connectivity index (χ4n) is 2.09. The highest BCUT2D eigenvalue weighted by atomic mass is 32.2. The van der Waals surface area contributed by atoms with Crippen molar-refractivity contribution in [3.63, 3.8) is 0 Å². The summed E-state index contributed by atoms with van der Waals surface area (Å²) in [5, 5.41) is 12.9. The smallest absolute Gasteiger partial charge is 0.154 e. The van der Waals surface area contributed by atoms with Crippen LogP contribution in [0.3, 0.4) is 0 Å². The summed E-state index contributed by atoms with van der Waals surface area (Å²) in [6.45, 7) is 0.115. The SMILES string of the molecule is O=S(=O)(CCCCCO)Cc1cnn(-c2ccccc2)c1. The standard InChI is InChI=1S/C15H20N2O3S/c18-9-5-2-6-10-21(19,20)13-14-11-16-17(12-14)15-7-3-1-4-8-15/h1,3-4,7-8,11-12,18H,2,5-6,9-10,13H2. The van der Waals surface area contributed by atoms with Gasteiger partial charge in [-0.1, -0.05) is 24.6 Å². The number of hydrogen-bond acceptors (Lipinski definition) is 4. The van der Waals surface area contributed by atoms with Crippen molar-refractivity contribution in [3.05, 3.63) is 48.3 Å². The second-order valence-electron chi connectivity index (χ2n) is 5.01. The molecule has 0 fully saturated rings. The van der Waals surface area contributed by atoms with Crippen LogP contribution in [0.2, 0.25) is 0 Å². The van der Waals surface area contributed by atoms with Gasteiger partial charge in [0.1, 0.15) is 0 Å². The first-order valence-electron chi connectivity index (χ1n) is 7.01. The summed E-state index contributed by atoms with van der Waals surface area (Å²) in [6, 6.07) is 9.58. The van der Waals surface area contributed by atoms with Crippen molar-refractivity contribution in [3.8, 4) is 5.69 Å². The second kappa shape index (κ2) is 7.38. The van der Waals surface area contributed by atoms with E-state index in [1.54, 1.807) is 17.1 Å². The lowest BCUT2D eigenvalue weighted by Gasteiger charge is -2.02. The zero-order chi connectivity index (χ0) is 15.1. The molecule has 0 unspecified atom stereocenters. The number of para-hydroxylation sites is 1. The Labute approximate surface area is 125 Å². The number of aromatic nitrogens is 2. The molecule has 0 amide bonds. The molecule has 0 saturated heterocycles. The third-order valence-corrected chi connectivity index (χ3v) is 4.84. The van der Waals surface area contributed by atoms with E-state index in [0.717, 1.165) is 12.1 Å². The van der Waals surface area contributed by atoms with Crippen LogP contribution >= 0.6 is 0 Å². The Morgan fingerprint density at radius 1 is 1.10 bits per heavy atom. The van der Waals surface area contributed by atoms with Crippen molar-refractivity contribution in [2.45, 2.75) is 25.0 Å². The van der Waals surface area contributed by atoms with Crippen LogP contribution in [0.4, 0.5) is 0 Å². The second-order valence-corrected chi connectivity index (χ2v) is 7.19. The van der Waals surface area contributed by atoms with Crippen molar-refractivity contribution in [1.82, 2.24) is 9.78 Å². The highest BCUT2D eigenvalue weighted by Crippen LogP contribution is 2.12. The van der Waals surface area contributed by atoms with E-state index >= 15 is 0 Å². The molecule has 0 aliphatic carbocycles. The first-order chi connectivity index (χ1) is 10.1. The third kappa shape index (κ3) is 4.99. The quantitative estimate of drug-likeness (QED) is 0.757. The molecule has 1 N–H and O–H groups in total. The zero-order valence-electron chi connectivity index (χ0n) is 11.9. The topological polar surface area (TPSA) is 72.2 Å². The Hall–Kier alpha value is -1.66. The van der Waals surface area contributed by atoms with Gasteiger partial charge in [0.05, 0.1) is 23.4 Å². The molecule has 0 atom stereocenters. The highest BCUT2D eigenvalue weighted by molar-refractivity contribution is 7.90. The van der Waals surface area contributed by atoms with Gasteiger partial charge in [-0.2, -0.15) is 5.10 Å². The van der Waals surface area contributed by atoms with Crippen LogP contribution in [0.5, 0.6) is 0 Å². The summed E-state index contributed by atoms with van der Waals surface area (Å²) >= 11 is 0. The highest BCUT2D eigenvalue weighted by Gasteiger charge is 2.13. The molecular weight excluding hydrogens is 288 g/mol. The maximum absolute atomic E-state index is 12.0. The van der Waals surface area contributed by atoms with Crippen molar-refractivity contribution >= 4 is 9.84 Å². The van der Waals surface area contributed by atoms with E-state index < -0.39 is 9.84 Å². The molecule has 0 bridgehead atoms. The molecule has 2 rings (SSSR count). The molecule has 114 valence electrons. The Kier molecular flexibility index (Phi) is 5.52. The average molecular weight is 308 g/mol. The lowest BCUT2D eigenvalue weighted by atomic mass is 10.3. The van der Waals surface area contributed by atoms with Gasteiger partial charge in [0.25, 0.3) is 0 Å². The summed E-state index contributed by atoms with van der Waals surface area (Å²) in [5.74, 6) is 0.169. The van der Waals surface area contributed by atoms with Crippen molar-refractivity contribution < 1.29 is 13.5 Å². The first kappa shape index (κ1) is 15.7. The molecule has 1 aromatic carbocycles. The number of rotatable bonds is 8. The number of sulfone groups is 1. The van der Waals surface area contributed by atoms with Gasteiger partial charge < -0.3 is 5.11 Å². The van der Waals surface area contributed by atoms with Gasteiger partial charge in [-0.15, -0.1) is 0 Å². The van der Waals surface area contributed by atoms with Crippen LogP contribution in [0, 0.1) is 0 Å². The first-order valence-corrected chi connectivity index (χ1v) is 8.83. The van der Waals surface area contributed by atoms with E-state index in [4.69, 9.17) is 5.11 Å². The lowest BCUT2D eigenvalue weighted by Crippen LogP contribution is -2.09. The maximum Gasteiger partial charge on any atom is 0.154 e. The van der Waals surface area contributed by atoms with Crippen molar-refractivity contribution in [2.75, 3.05) is 12.4 Å². The summed E-state index contributed by atoms with van der Waals surface area (Å²) in [6.07, 6.45) is 5.33. The molecule has 0 radical (unpaired) electrons.